The molecule has 0 spiro atoms. The highest BCUT2D eigenvalue weighted by atomic mass is 32.2. The maximum Gasteiger partial charge on any atom is 0.285 e. The first kappa shape index (κ1) is 14.1. The van der Waals surface area contributed by atoms with Gasteiger partial charge < -0.3 is 4.90 Å². The fraction of sp³-hybridized carbons (Fsp3) is 0.467. The minimum atomic E-state index is 0.00789. The highest BCUT2D eigenvalue weighted by Gasteiger charge is 2.26. The third-order valence-electron chi connectivity index (χ3n) is 3.54. The number of amides is 1. The molecule has 3 nitrogen and oxygen atoms in total. The smallest absolute Gasteiger partial charge is 0.285 e. The monoisotopic (exact) mass is 277 g/mol. The van der Waals surface area contributed by atoms with E-state index in [1.165, 1.54) is 11.8 Å². The van der Waals surface area contributed by atoms with Crippen molar-refractivity contribution in [1.82, 2.24) is 4.90 Å². The van der Waals surface area contributed by atoms with Crippen LogP contribution in [0.3, 0.4) is 0 Å². The molecule has 1 atom stereocenters. The van der Waals surface area contributed by atoms with E-state index < -0.39 is 0 Å². The molecule has 1 aromatic rings. The molecule has 0 saturated heterocycles. The van der Waals surface area contributed by atoms with Crippen molar-refractivity contribution in [2.45, 2.75) is 31.1 Å². The summed E-state index contributed by atoms with van der Waals surface area (Å²) in [7, 11) is 3.48. The van der Waals surface area contributed by atoms with E-state index in [2.05, 4.69) is 6.92 Å². The molecule has 1 aliphatic rings. The predicted octanol–water partition coefficient (Wildman–Crippen LogP) is 3.62. The van der Waals surface area contributed by atoms with Crippen LogP contribution in [0.5, 0.6) is 0 Å². The average molecular weight is 277 g/mol. The van der Waals surface area contributed by atoms with Gasteiger partial charge in [-0.1, -0.05) is 6.92 Å². The Morgan fingerprint density at radius 2 is 2.16 bits per heavy atom. The van der Waals surface area contributed by atoms with Crippen molar-refractivity contribution >= 4 is 22.8 Å². The molecule has 1 unspecified atom stereocenters. The van der Waals surface area contributed by atoms with Crippen LogP contribution < -0.4 is 0 Å². The number of aryl methyl sites for hydroxylation is 1. The van der Waals surface area contributed by atoms with E-state index in [9.17, 15) is 9.59 Å². The summed E-state index contributed by atoms with van der Waals surface area (Å²) in [6.45, 7) is 2.06. The van der Waals surface area contributed by atoms with Gasteiger partial charge >= 0.3 is 0 Å². The molecule has 0 heterocycles. The number of carbonyl (C=O) groups excluding carboxylic acids is 2. The molecule has 4 heteroatoms. The molecule has 0 N–H and O–H groups in total. The van der Waals surface area contributed by atoms with Gasteiger partial charge in [-0.15, -0.1) is 0 Å². The number of fused-ring (bicyclic) bond motifs is 1. The fourth-order valence-corrected chi connectivity index (χ4v) is 3.06. The molecule has 0 fully saturated rings. The van der Waals surface area contributed by atoms with Gasteiger partial charge in [-0.2, -0.15) is 0 Å². The van der Waals surface area contributed by atoms with E-state index in [0.717, 1.165) is 35.3 Å². The second-order valence-corrected chi connectivity index (χ2v) is 6.11. The minimum Gasteiger partial charge on any atom is -0.339 e. The Morgan fingerprint density at radius 1 is 1.42 bits per heavy atom. The van der Waals surface area contributed by atoms with E-state index >= 15 is 0 Å². The van der Waals surface area contributed by atoms with Gasteiger partial charge in [0.1, 0.15) is 0 Å². The lowest BCUT2D eigenvalue weighted by Crippen LogP contribution is -2.22. The SMILES string of the molecule is CCC1CCc2cc(SC(=O)N(C)C)ccc2C1=O. The zero-order valence-corrected chi connectivity index (χ0v) is 12.4. The Labute approximate surface area is 118 Å². The minimum absolute atomic E-state index is 0.00789. The number of rotatable bonds is 2. The Kier molecular flexibility index (Phi) is 4.30. The molecule has 0 aromatic heterocycles. The van der Waals surface area contributed by atoms with Crippen molar-refractivity contribution in [3.63, 3.8) is 0 Å². The Bertz CT molecular complexity index is 511. The first-order chi connectivity index (χ1) is 9.02. The van der Waals surface area contributed by atoms with Gasteiger partial charge in [-0.3, -0.25) is 9.59 Å². The lowest BCUT2D eigenvalue weighted by Gasteiger charge is -2.22. The molecule has 102 valence electrons. The molecular formula is C15H19NO2S. The van der Waals surface area contributed by atoms with Gasteiger partial charge in [-0.05, 0) is 54.8 Å². The second-order valence-electron chi connectivity index (χ2n) is 5.09. The standard InChI is InChI=1S/C15H19NO2S/c1-4-10-5-6-11-9-12(19-15(18)16(2)3)7-8-13(11)14(10)17/h7-10H,4-6H2,1-3H3. The Morgan fingerprint density at radius 3 is 2.79 bits per heavy atom. The number of benzene rings is 1. The van der Waals surface area contributed by atoms with Crippen LogP contribution in [0.15, 0.2) is 23.1 Å². The number of carbonyl (C=O) groups is 2. The lowest BCUT2D eigenvalue weighted by molar-refractivity contribution is 0.0898. The van der Waals surface area contributed by atoms with Crippen LogP contribution in [0.1, 0.15) is 35.7 Å². The lowest BCUT2D eigenvalue weighted by atomic mass is 9.81. The van der Waals surface area contributed by atoms with Gasteiger partial charge in [0.05, 0.1) is 0 Å². The van der Waals surface area contributed by atoms with E-state index in [0.29, 0.717) is 0 Å². The zero-order chi connectivity index (χ0) is 14.0. The van der Waals surface area contributed by atoms with Crippen LogP contribution in [0, 0.1) is 5.92 Å². The maximum atomic E-state index is 12.2. The topological polar surface area (TPSA) is 37.4 Å². The van der Waals surface area contributed by atoms with Crippen LogP contribution in [0.4, 0.5) is 4.79 Å². The number of hydrogen-bond donors (Lipinski definition) is 0. The predicted molar refractivity (Wildman–Crippen MR) is 77.8 cm³/mol. The van der Waals surface area contributed by atoms with E-state index in [-0.39, 0.29) is 16.9 Å². The van der Waals surface area contributed by atoms with Crippen molar-refractivity contribution in [1.29, 1.82) is 0 Å². The third-order valence-corrected chi connectivity index (χ3v) is 4.57. The molecule has 0 saturated carbocycles. The second kappa shape index (κ2) is 5.78. The summed E-state index contributed by atoms with van der Waals surface area (Å²) in [5, 5.41) is 0.00789. The van der Waals surface area contributed by atoms with Gasteiger partial charge in [-0.25, -0.2) is 0 Å². The third kappa shape index (κ3) is 3.00. The summed E-state index contributed by atoms with van der Waals surface area (Å²) in [4.78, 5) is 26.3. The molecular weight excluding hydrogens is 258 g/mol. The number of Topliss-reactive ketones (excluding diaryl/α,β-unsaturated/α-hetero) is 1. The average Bonchev–Trinajstić information content (AvgIpc) is 2.39. The first-order valence-corrected chi connectivity index (χ1v) is 7.40. The zero-order valence-electron chi connectivity index (χ0n) is 11.6. The van der Waals surface area contributed by atoms with Crippen LogP contribution in [0.25, 0.3) is 0 Å². The molecule has 0 bridgehead atoms. The number of ketones is 1. The molecule has 19 heavy (non-hydrogen) atoms. The Hall–Kier alpha value is -1.29. The van der Waals surface area contributed by atoms with Crippen molar-refractivity contribution in [3.8, 4) is 0 Å². The molecule has 2 rings (SSSR count). The first-order valence-electron chi connectivity index (χ1n) is 6.59. The summed E-state index contributed by atoms with van der Waals surface area (Å²) in [5.41, 5.74) is 1.94. The van der Waals surface area contributed by atoms with Crippen LogP contribution >= 0.6 is 11.8 Å². The quantitative estimate of drug-likeness (QED) is 0.775. The summed E-state index contributed by atoms with van der Waals surface area (Å²) in [6.07, 6.45) is 2.77. The molecule has 1 aromatic carbocycles. The Balaban J connectivity index is 2.21. The molecule has 1 aliphatic carbocycles. The molecule has 1 amide bonds. The van der Waals surface area contributed by atoms with Crippen LogP contribution in [-0.2, 0) is 6.42 Å². The van der Waals surface area contributed by atoms with Gasteiger partial charge in [0.2, 0.25) is 0 Å². The van der Waals surface area contributed by atoms with Crippen molar-refractivity contribution in [3.05, 3.63) is 29.3 Å². The maximum absolute atomic E-state index is 12.2. The highest BCUT2D eigenvalue weighted by Crippen LogP contribution is 2.31. The molecule has 0 radical (unpaired) electrons. The van der Waals surface area contributed by atoms with Crippen molar-refractivity contribution < 1.29 is 9.59 Å². The van der Waals surface area contributed by atoms with E-state index in [4.69, 9.17) is 0 Å². The number of nitrogens with zero attached hydrogens (tertiary/aromatic N) is 1. The van der Waals surface area contributed by atoms with Crippen LogP contribution in [-0.4, -0.2) is 30.0 Å². The van der Waals surface area contributed by atoms with Gasteiger partial charge in [0.25, 0.3) is 5.24 Å². The number of hydrogen-bond acceptors (Lipinski definition) is 3. The summed E-state index contributed by atoms with van der Waals surface area (Å²) in [5.74, 6) is 0.439. The highest BCUT2D eigenvalue weighted by molar-refractivity contribution is 8.13. The van der Waals surface area contributed by atoms with Crippen LogP contribution in [0.2, 0.25) is 0 Å². The summed E-state index contributed by atoms with van der Waals surface area (Å²) < 4.78 is 0. The summed E-state index contributed by atoms with van der Waals surface area (Å²) in [6, 6.07) is 5.75. The van der Waals surface area contributed by atoms with Gasteiger partial charge in [0, 0.05) is 30.5 Å². The van der Waals surface area contributed by atoms with Gasteiger partial charge in [0.15, 0.2) is 5.78 Å². The molecule has 0 aliphatic heterocycles. The van der Waals surface area contributed by atoms with E-state index in [1.807, 2.05) is 18.2 Å². The largest absolute Gasteiger partial charge is 0.339 e. The van der Waals surface area contributed by atoms with Crippen molar-refractivity contribution in [2.24, 2.45) is 5.92 Å². The van der Waals surface area contributed by atoms with E-state index in [1.54, 1.807) is 19.0 Å². The summed E-state index contributed by atoms with van der Waals surface area (Å²) >= 11 is 1.21. The fourth-order valence-electron chi connectivity index (χ4n) is 2.34. The number of thioether (sulfide) groups is 1. The van der Waals surface area contributed by atoms with Crippen molar-refractivity contribution in [2.75, 3.05) is 14.1 Å². The normalized spacial score (nSPS) is 18.1.